The van der Waals surface area contributed by atoms with Crippen LogP contribution in [-0.4, -0.2) is 11.3 Å². The highest BCUT2D eigenvalue weighted by atomic mass is 35.5. The van der Waals surface area contributed by atoms with Gasteiger partial charge in [0.25, 0.3) is 5.91 Å². The van der Waals surface area contributed by atoms with Crippen LogP contribution in [0.3, 0.4) is 0 Å². The number of alkyl halides is 1. The maximum Gasteiger partial charge on any atom is 0.269 e. The van der Waals surface area contributed by atoms with Gasteiger partial charge in [0, 0.05) is 6.20 Å². The summed E-state index contributed by atoms with van der Waals surface area (Å²) >= 11 is 5.84. The highest BCUT2D eigenvalue weighted by Crippen LogP contribution is 2.18. The van der Waals surface area contributed by atoms with Crippen molar-refractivity contribution >= 4 is 23.2 Å². The van der Waals surface area contributed by atoms with Gasteiger partial charge in [0.15, 0.2) is 5.38 Å². The molecule has 78 valence electrons. The first-order chi connectivity index (χ1) is 7.20. The molecule has 5 heteroatoms. The molecule has 2 rings (SSSR count). The third kappa shape index (κ3) is 1.76. The predicted molar refractivity (Wildman–Crippen MR) is 59.0 cm³/mol. The second-order valence-electron chi connectivity index (χ2n) is 3.15. The van der Waals surface area contributed by atoms with E-state index in [2.05, 4.69) is 5.43 Å². The Balaban J connectivity index is 2.30. The molecule has 1 heterocycles. The number of anilines is 1. The maximum atomic E-state index is 11.7. The van der Waals surface area contributed by atoms with Gasteiger partial charge in [-0.3, -0.25) is 10.2 Å². The summed E-state index contributed by atoms with van der Waals surface area (Å²) in [7, 11) is 0. The summed E-state index contributed by atoms with van der Waals surface area (Å²) in [5.41, 5.74) is 9.37. The number of para-hydroxylation sites is 1. The van der Waals surface area contributed by atoms with Crippen molar-refractivity contribution < 1.29 is 4.79 Å². The Kier molecular flexibility index (Phi) is 2.51. The molecule has 1 unspecified atom stereocenters. The Labute approximate surface area is 92.3 Å². The molecule has 0 bridgehead atoms. The number of carbonyl (C=O) groups excluding carboxylic acids is 1. The van der Waals surface area contributed by atoms with Gasteiger partial charge in [-0.1, -0.05) is 18.2 Å². The van der Waals surface area contributed by atoms with E-state index in [1.807, 2.05) is 30.3 Å². The lowest BCUT2D eigenvalue weighted by Gasteiger charge is -2.28. The van der Waals surface area contributed by atoms with Crippen LogP contribution in [0.4, 0.5) is 5.69 Å². The van der Waals surface area contributed by atoms with Gasteiger partial charge in [-0.25, -0.2) is 5.01 Å². The van der Waals surface area contributed by atoms with Crippen LogP contribution >= 0.6 is 11.6 Å². The number of hydrogen-bond acceptors (Lipinski definition) is 3. The molecule has 4 nitrogen and oxygen atoms in total. The minimum Gasteiger partial charge on any atom is -0.399 e. The molecule has 0 saturated carbocycles. The first kappa shape index (κ1) is 9.86. The third-order valence-electron chi connectivity index (χ3n) is 2.10. The van der Waals surface area contributed by atoms with Crippen molar-refractivity contribution in [1.29, 1.82) is 0 Å². The van der Waals surface area contributed by atoms with Crippen molar-refractivity contribution in [2.45, 2.75) is 5.38 Å². The van der Waals surface area contributed by atoms with Crippen LogP contribution in [0.15, 0.2) is 42.2 Å². The zero-order valence-electron chi connectivity index (χ0n) is 7.85. The average Bonchev–Trinajstić information content (AvgIpc) is 2.27. The maximum absolute atomic E-state index is 11.7. The van der Waals surface area contributed by atoms with Crippen LogP contribution in [0.25, 0.3) is 0 Å². The number of amides is 1. The average molecular weight is 224 g/mol. The number of carbonyl (C=O) groups is 1. The first-order valence-corrected chi connectivity index (χ1v) is 4.88. The Morgan fingerprint density at radius 1 is 1.33 bits per heavy atom. The fourth-order valence-electron chi connectivity index (χ4n) is 1.31. The van der Waals surface area contributed by atoms with E-state index in [4.69, 9.17) is 17.3 Å². The summed E-state index contributed by atoms with van der Waals surface area (Å²) in [6, 6.07) is 9.18. The van der Waals surface area contributed by atoms with Gasteiger partial charge >= 0.3 is 0 Å². The Morgan fingerprint density at radius 2 is 2.00 bits per heavy atom. The molecule has 0 aromatic heterocycles. The zero-order valence-corrected chi connectivity index (χ0v) is 8.61. The fraction of sp³-hybridized carbons (Fsp3) is 0.100. The molecular weight excluding hydrogens is 214 g/mol. The molecule has 0 fully saturated rings. The minimum absolute atomic E-state index is 0.275. The summed E-state index contributed by atoms with van der Waals surface area (Å²) in [4.78, 5) is 11.7. The summed E-state index contributed by atoms with van der Waals surface area (Å²) in [5.74, 6) is -0.275. The molecule has 0 spiro atoms. The number of hydrazine groups is 1. The van der Waals surface area contributed by atoms with Crippen LogP contribution in [0.5, 0.6) is 0 Å². The monoisotopic (exact) mass is 223 g/mol. The summed E-state index contributed by atoms with van der Waals surface area (Å²) in [6.45, 7) is 0. The van der Waals surface area contributed by atoms with Crippen molar-refractivity contribution in [1.82, 2.24) is 5.43 Å². The van der Waals surface area contributed by atoms with Crippen molar-refractivity contribution in [2.24, 2.45) is 5.73 Å². The highest BCUT2D eigenvalue weighted by molar-refractivity contribution is 6.35. The molecule has 1 atom stereocenters. The van der Waals surface area contributed by atoms with E-state index in [1.165, 1.54) is 11.2 Å². The van der Waals surface area contributed by atoms with Gasteiger partial charge in [0.2, 0.25) is 0 Å². The zero-order chi connectivity index (χ0) is 10.8. The van der Waals surface area contributed by atoms with Crippen LogP contribution < -0.4 is 16.2 Å². The van der Waals surface area contributed by atoms with Crippen molar-refractivity contribution in [3.05, 3.63) is 42.2 Å². The lowest BCUT2D eigenvalue weighted by Crippen LogP contribution is -2.50. The van der Waals surface area contributed by atoms with Crippen LogP contribution in [0.1, 0.15) is 0 Å². The van der Waals surface area contributed by atoms with E-state index in [9.17, 15) is 4.79 Å². The van der Waals surface area contributed by atoms with Crippen molar-refractivity contribution in [3.8, 4) is 0 Å². The van der Waals surface area contributed by atoms with Crippen molar-refractivity contribution in [2.75, 3.05) is 5.01 Å². The Bertz CT molecular complexity index is 404. The fourth-order valence-corrected chi connectivity index (χ4v) is 1.47. The quantitative estimate of drug-likeness (QED) is 0.697. The lowest BCUT2D eigenvalue weighted by molar-refractivity contribution is -0.118. The topological polar surface area (TPSA) is 58.4 Å². The van der Waals surface area contributed by atoms with Crippen molar-refractivity contribution in [3.63, 3.8) is 0 Å². The number of halogens is 1. The van der Waals surface area contributed by atoms with Gasteiger partial charge < -0.3 is 5.73 Å². The molecule has 0 radical (unpaired) electrons. The summed E-state index contributed by atoms with van der Waals surface area (Å²) in [5, 5.41) is 0.569. The number of nitrogens with two attached hydrogens (primary N) is 1. The molecule has 15 heavy (non-hydrogen) atoms. The van der Waals surface area contributed by atoms with E-state index >= 15 is 0 Å². The van der Waals surface area contributed by atoms with Gasteiger partial charge in [0.1, 0.15) is 0 Å². The molecule has 1 aliphatic heterocycles. The van der Waals surface area contributed by atoms with E-state index in [0.29, 0.717) is 5.70 Å². The number of nitrogens with zero attached hydrogens (tertiary/aromatic N) is 1. The first-order valence-electron chi connectivity index (χ1n) is 4.45. The standard InChI is InChI=1S/C10H10ClN3O/c11-9-8(12)6-13-14(10(9)15)7-4-2-1-3-5-7/h1-6,9,13H,12H2. The molecule has 1 aromatic rings. The largest absolute Gasteiger partial charge is 0.399 e. The normalized spacial score (nSPS) is 20.9. The molecular formula is C10H10ClN3O. The van der Waals surface area contributed by atoms with E-state index in [-0.39, 0.29) is 5.91 Å². The summed E-state index contributed by atoms with van der Waals surface area (Å²) in [6.07, 6.45) is 1.52. The van der Waals surface area contributed by atoms with E-state index in [0.717, 1.165) is 5.69 Å². The number of hydrogen-bond donors (Lipinski definition) is 2. The molecule has 0 saturated heterocycles. The summed E-state index contributed by atoms with van der Waals surface area (Å²) < 4.78 is 0. The Hall–Kier alpha value is -1.68. The number of benzene rings is 1. The second-order valence-corrected chi connectivity index (χ2v) is 3.58. The second kappa shape index (κ2) is 3.82. The van der Waals surface area contributed by atoms with E-state index in [1.54, 1.807) is 0 Å². The molecule has 3 N–H and O–H groups in total. The van der Waals surface area contributed by atoms with Gasteiger partial charge in [-0.2, -0.15) is 0 Å². The predicted octanol–water partition coefficient (Wildman–Crippen LogP) is 0.945. The van der Waals surface area contributed by atoms with Gasteiger partial charge in [0.05, 0.1) is 11.4 Å². The number of rotatable bonds is 1. The highest BCUT2D eigenvalue weighted by Gasteiger charge is 2.28. The molecule has 0 aliphatic carbocycles. The smallest absolute Gasteiger partial charge is 0.269 e. The third-order valence-corrected chi connectivity index (χ3v) is 2.54. The number of nitrogens with one attached hydrogen (secondary N) is 1. The SMILES string of the molecule is NC1=CNN(c2ccccc2)C(=O)C1Cl. The lowest BCUT2D eigenvalue weighted by atomic mass is 10.2. The van der Waals surface area contributed by atoms with Crippen LogP contribution in [0.2, 0.25) is 0 Å². The molecule has 1 aromatic carbocycles. The van der Waals surface area contributed by atoms with Crippen LogP contribution in [-0.2, 0) is 4.79 Å². The minimum atomic E-state index is -0.800. The van der Waals surface area contributed by atoms with E-state index < -0.39 is 5.38 Å². The van der Waals surface area contributed by atoms with Gasteiger partial charge in [-0.15, -0.1) is 11.6 Å². The Morgan fingerprint density at radius 3 is 2.67 bits per heavy atom. The van der Waals surface area contributed by atoms with Gasteiger partial charge in [-0.05, 0) is 12.1 Å². The molecule has 1 amide bonds. The van der Waals surface area contributed by atoms with Crippen LogP contribution in [0, 0.1) is 0 Å². The molecule has 1 aliphatic rings.